The van der Waals surface area contributed by atoms with Crippen LogP contribution in [0.4, 0.5) is 0 Å². The van der Waals surface area contributed by atoms with Gasteiger partial charge in [0.1, 0.15) is 0 Å². The van der Waals surface area contributed by atoms with Crippen molar-refractivity contribution in [2.45, 2.75) is 73.0 Å². The monoisotopic (exact) mass is 292 g/mol. The van der Waals surface area contributed by atoms with Gasteiger partial charge in [0.2, 0.25) is 5.88 Å². The first-order valence-electron chi connectivity index (χ1n) is 8.30. The Morgan fingerprint density at radius 2 is 1.86 bits per heavy atom. The van der Waals surface area contributed by atoms with E-state index in [9.17, 15) is 0 Å². The molecule has 0 aliphatic rings. The Balaban J connectivity index is 2.81. The standard InChI is InChI=1S/C18H32N2O/c1-7-8-19-12-16-10-17(14(4)5)20-18(11-16)21-15(6)9-13(2)3/h10-11,13-15,19H,7-9,12H2,1-6H3. The van der Waals surface area contributed by atoms with Gasteiger partial charge in [0.05, 0.1) is 6.10 Å². The number of pyridine rings is 1. The normalized spacial score (nSPS) is 13.0. The lowest BCUT2D eigenvalue weighted by Crippen LogP contribution is -2.17. The van der Waals surface area contributed by atoms with Crippen LogP contribution in [0.1, 0.15) is 71.6 Å². The number of hydrogen-bond acceptors (Lipinski definition) is 3. The molecule has 0 bridgehead atoms. The first-order chi connectivity index (χ1) is 9.92. The summed E-state index contributed by atoms with van der Waals surface area (Å²) in [5.41, 5.74) is 2.37. The molecular formula is C18H32N2O. The zero-order valence-electron chi connectivity index (χ0n) is 14.6. The molecule has 0 aromatic carbocycles. The third-order valence-electron chi connectivity index (χ3n) is 3.35. The van der Waals surface area contributed by atoms with Crippen LogP contribution in [0.25, 0.3) is 0 Å². The van der Waals surface area contributed by atoms with Crippen molar-refractivity contribution >= 4 is 0 Å². The van der Waals surface area contributed by atoms with E-state index in [-0.39, 0.29) is 6.10 Å². The molecule has 0 amide bonds. The highest BCUT2D eigenvalue weighted by atomic mass is 16.5. The maximum absolute atomic E-state index is 6.02. The van der Waals surface area contributed by atoms with Gasteiger partial charge in [-0.3, -0.25) is 0 Å². The van der Waals surface area contributed by atoms with Crippen LogP contribution in [0, 0.1) is 5.92 Å². The summed E-state index contributed by atoms with van der Waals surface area (Å²) < 4.78 is 6.02. The highest BCUT2D eigenvalue weighted by Gasteiger charge is 2.11. The van der Waals surface area contributed by atoms with Crippen molar-refractivity contribution < 1.29 is 4.74 Å². The van der Waals surface area contributed by atoms with Crippen molar-refractivity contribution in [2.75, 3.05) is 6.54 Å². The predicted octanol–water partition coefficient (Wildman–Crippen LogP) is 4.52. The van der Waals surface area contributed by atoms with Crippen LogP contribution in [0.5, 0.6) is 5.88 Å². The van der Waals surface area contributed by atoms with E-state index in [1.54, 1.807) is 0 Å². The predicted molar refractivity (Wildman–Crippen MR) is 89.9 cm³/mol. The number of aromatic nitrogens is 1. The largest absolute Gasteiger partial charge is 0.475 e. The van der Waals surface area contributed by atoms with Crippen molar-refractivity contribution in [2.24, 2.45) is 5.92 Å². The molecule has 0 spiro atoms. The van der Waals surface area contributed by atoms with Gasteiger partial charge in [0, 0.05) is 18.3 Å². The van der Waals surface area contributed by atoms with Crippen LogP contribution in [0.2, 0.25) is 0 Å². The third kappa shape index (κ3) is 6.94. The fourth-order valence-corrected chi connectivity index (χ4v) is 2.37. The third-order valence-corrected chi connectivity index (χ3v) is 3.35. The first kappa shape index (κ1) is 18.0. The molecule has 21 heavy (non-hydrogen) atoms. The Kier molecular flexibility index (Phi) is 7.73. The molecule has 0 aliphatic heterocycles. The number of rotatable bonds is 9. The molecule has 1 aromatic rings. The second-order valence-electron chi connectivity index (χ2n) is 6.63. The number of hydrogen-bond donors (Lipinski definition) is 1. The van der Waals surface area contributed by atoms with Crippen molar-refractivity contribution in [1.29, 1.82) is 0 Å². The molecule has 1 N–H and O–H groups in total. The van der Waals surface area contributed by atoms with E-state index < -0.39 is 0 Å². The molecule has 1 unspecified atom stereocenters. The second-order valence-corrected chi connectivity index (χ2v) is 6.63. The minimum absolute atomic E-state index is 0.205. The zero-order valence-corrected chi connectivity index (χ0v) is 14.6. The molecule has 0 aliphatic carbocycles. The molecule has 120 valence electrons. The second kappa shape index (κ2) is 9.04. The molecule has 0 saturated heterocycles. The van der Waals surface area contributed by atoms with Crippen LogP contribution >= 0.6 is 0 Å². The summed E-state index contributed by atoms with van der Waals surface area (Å²) in [6.45, 7) is 15.0. The van der Waals surface area contributed by atoms with Gasteiger partial charge in [0.15, 0.2) is 0 Å². The van der Waals surface area contributed by atoms with E-state index in [1.165, 1.54) is 5.56 Å². The lowest BCUT2D eigenvalue weighted by molar-refractivity contribution is 0.185. The smallest absolute Gasteiger partial charge is 0.214 e. The summed E-state index contributed by atoms with van der Waals surface area (Å²) in [5, 5.41) is 3.45. The van der Waals surface area contributed by atoms with Crippen LogP contribution in [0.3, 0.4) is 0 Å². The minimum Gasteiger partial charge on any atom is -0.475 e. The van der Waals surface area contributed by atoms with Crippen LogP contribution in [-0.4, -0.2) is 17.6 Å². The lowest BCUT2D eigenvalue weighted by Gasteiger charge is -2.18. The zero-order chi connectivity index (χ0) is 15.8. The summed E-state index contributed by atoms with van der Waals surface area (Å²) in [7, 11) is 0. The SMILES string of the molecule is CCCNCc1cc(OC(C)CC(C)C)nc(C(C)C)c1. The van der Waals surface area contributed by atoms with Gasteiger partial charge in [-0.2, -0.15) is 0 Å². The van der Waals surface area contributed by atoms with Gasteiger partial charge in [-0.25, -0.2) is 4.98 Å². The van der Waals surface area contributed by atoms with Crippen LogP contribution < -0.4 is 10.1 Å². The lowest BCUT2D eigenvalue weighted by atomic mass is 10.1. The summed E-state index contributed by atoms with van der Waals surface area (Å²) in [4.78, 5) is 4.66. The quantitative estimate of drug-likeness (QED) is 0.680. The van der Waals surface area contributed by atoms with Crippen molar-refractivity contribution in [1.82, 2.24) is 10.3 Å². The average molecular weight is 292 g/mol. The molecule has 0 saturated carbocycles. The number of ether oxygens (including phenoxy) is 1. The van der Waals surface area contributed by atoms with E-state index in [0.717, 1.165) is 37.5 Å². The van der Waals surface area contributed by atoms with E-state index in [4.69, 9.17) is 4.74 Å². The van der Waals surface area contributed by atoms with Gasteiger partial charge >= 0.3 is 0 Å². The Hall–Kier alpha value is -1.09. The Morgan fingerprint density at radius 3 is 2.43 bits per heavy atom. The van der Waals surface area contributed by atoms with Gasteiger partial charge < -0.3 is 10.1 Å². The maximum atomic E-state index is 6.02. The number of nitrogens with zero attached hydrogens (tertiary/aromatic N) is 1. The summed E-state index contributed by atoms with van der Waals surface area (Å²) >= 11 is 0. The van der Waals surface area contributed by atoms with Crippen molar-refractivity contribution in [3.05, 3.63) is 23.4 Å². The molecule has 3 heteroatoms. The van der Waals surface area contributed by atoms with Gasteiger partial charge in [-0.05, 0) is 49.8 Å². The highest BCUT2D eigenvalue weighted by molar-refractivity contribution is 5.26. The van der Waals surface area contributed by atoms with Gasteiger partial charge in [-0.15, -0.1) is 0 Å². The van der Waals surface area contributed by atoms with Gasteiger partial charge in [0.25, 0.3) is 0 Å². The Labute approximate surface area is 130 Å². The average Bonchev–Trinajstić information content (AvgIpc) is 2.37. The molecule has 1 rings (SSSR count). The Bertz CT molecular complexity index is 416. The molecule has 1 atom stereocenters. The van der Waals surface area contributed by atoms with E-state index in [1.807, 2.05) is 0 Å². The summed E-state index contributed by atoms with van der Waals surface area (Å²) in [6, 6.07) is 4.26. The van der Waals surface area contributed by atoms with Gasteiger partial charge in [-0.1, -0.05) is 34.6 Å². The topological polar surface area (TPSA) is 34.1 Å². The van der Waals surface area contributed by atoms with Crippen LogP contribution in [0.15, 0.2) is 12.1 Å². The van der Waals surface area contributed by atoms with Crippen molar-refractivity contribution in [3.63, 3.8) is 0 Å². The highest BCUT2D eigenvalue weighted by Crippen LogP contribution is 2.21. The molecular weight excluding hydrogens is 260 g/mol. The first-order valence-corrected chi connectivity index (χ1v) is 8.30. The van der Waals surface area contributed by atoms with E-state index in [2.05, 4.69) is 64.0 Å². The van der Waals surface area contributed by atoms with Crippen LogP contribution in [-0.2, 0) is 6.54 Å². The molecule has 0 fully saturated rings. The molecule has 1 heterocycles. The molecule has 3 nitrogen and oxygen atoms in total. The summed E-state index contributed by atoms with van der Waals surface area (Å²) in [5.74, 6) is 1.82. The molecule has 0 radical (unpaired) electrons. The molecule has 1 aromatic heterocycles. The van der Waals surface area contributed by atoms with E-state index >= 15 is 0 Å². The Morgan fingerprint density at radius 1 is 1.14 bits per heavy atom. The fourth-order valence-electron chi connectivity index (χ4n) is 2.37. The minimum atomic E-state index is 0.205. The summed E-state index contributed by atoms with van der Waals surface area (Å²) in [6.07, 6.45) is 2.41. The fraction of sp³-hybridized carbons (Fsp3) is 0.722. The van der Waals surface area contributed by atoms with Crippen molar-refractivity contribution in [3.8, 4) is 5.88 Å². The number of nitrogens with one attached hydrogen (secondary N) is 1. The van der Waals surface area contributed by atoms with E-state index in [0.29, 0.717) is 11.8 Å². The maximum Gasteiger partial charge on any atom is 0.214 e.